The van der Waals surface area contributed by atoms with Gasteiger partial charge in [-0.3, -0.25) is 9.59 Å². The second kappa shape index (κ2) is 8.41. The van der Waals surface area contributed by atoms with Crippen LogP contribution in [0.1, 0.15) is 44.0 Å². The fourth-order valence-electron chi connectivity index (χ4n) is 3.53. The summed E-state index contributed by atoms with van der Waals surface area (Å²) in [6.07, 6.45) is 1.33. The maximum absolute atomic E-state index is 12.8. The molecule has 1 atom stereocenters. The highest BCUT2D eigenvalue weighted by Gasteiger charge is 2.31. The fourth-order valence-corrected chi connectivity index (χ4v) is 4.95. The van der Waals surface area contributed by atoms with Crippen LogP contribution in [-0.2, 0) is 19.6 Å². The lowest BCUT2D eigenvalue weighted by molar-refractivity contribution is -0.142. The zero-order valence-corrected chi connectivity index (χ0v) is 18.0. The Hall–Kier alpha value is -1.97. The number of hydrogen-bond donors (Lipinski definition) is 1. The van der Waals surface area contributed by atoms with Crippen LogP contribution in [0.4, 0.5) is 0 Å². The molecular weight excluding hydrogens is 394 g/mol. The lowest BCUT2D eigenvalue weighted by Gasteiger charge is -2.35. The summed E-state index contributed by atoms with van der Waals surface area (Å²) < 4.78 is 32.8. The molecule has 2 heterocycles. The number of carbonyl (C=O) groups is 2. The highest BCUT2D eigenvalue weighted by Crippen LogP contribution is 2.18. The first kappa shape index (κ1) is 21.7. The van der Waals surface area contributed by atoms with E-state index in [-0.39, 0.29) is 22.8 Å². The van der Waals surface area contributed by atoms with Crippen LogP contribution < -0.4 is 4.72 Å². The average Bonchev–Trinajstić information content (AvgIpc) is 3.20. The van der Waals surface area contributed by atoms with E-state index in [4.69, 9.17) is 4.74 Å². The Morgan fingerprint density at radius 1 is 1.03 bits per heavy atom. The minimum absolute atomic E-state index is 0.00973. The van der Waals surface area contributed by atoms with Gasteiger partial charge in [0.25, 0.3) is 11.8 Å². The molecule has 1 N–H and O–H groups in total. The third-order valence-corrected chi connectivity index (χ3v) is 6.71. The second-order valence-corrected chi connectivity index (χ2v) is 10.2. The molecule has 1 aromatic rings. The van der Waals surface area contributed by atoms with Crippen molar-refractivity contribution in [2.75, 3.05) is 32.8 Å². The number of carbonyl (C=O) groups excluding carboxylic acids is 2. The molecule has 0 spiro atoms. The molecule has 9 heteroatoms. The highest BCUT2D eigenvalue weighted by atomic mass is 32.2. The van der Waals surface area contributed by atoms with Crippen LogP contribution in [0.25, 0.3) is 0 Å². The number of nitrogens with one attached hydrogen (secondary N) is 1. The first-order valence-corrected chi connectivity index (χ1v) is 11.4. The van der Waals surface area contributed by atoms with Crippen molar-refractivity contribution in [3.8, 4) is 0 Å². The van der Waals surface area contributed by atoms with Crippen molar-refractivity contribution < 1.29 is 22.7 Å². The van der Waals surface area contributed by atoms with Gasteiger partial charge in [0, 0.05) is 43.9 Å². The Labute approximate surface area is 172 Å². The number of sulfonamides is 1. The zero-order valence-electron chi connectivity index (χ0n) is 17.2. The van der Waals surface area contributed by atoms with E-state index in [1.807, 2.05) is 0 Å². The molecule has 0 aromatic heterocycles. The van der Waals surface area contributed by atoms with Crippen molar-refractivity contribution in [3.05, 3.63) is 29.8 Å². The van der Waals surface area contributed by atoms with Gasteiger partial charge < -0.3 is 14.5 Å². The Balaban J connectivity index is 1.59. The molecule has 1 aromatic carbocycles. The molecule has 2 saturated heterocycles. The van der Waals surface area contributed by atoms with E-state index in [9.17, 15) is 18.0 Å². The molecule has 0 bridgehead atoms. The van der Waals surface area contributed by atoms with Crippen molar-refractivity contribution >= 4 is 21.8 Å². The number of piperazine rings is 1. The van der Waals surface area contributed by atoms with E-state index >= 15 is 0 Å². The summed E-state index contributed by atoms with van der Waals surface area (Å²) in [5.41, 5.74) is -0.160. The predicted molar refractivity (Wildman–Crippen MR) is 108 cm³/mol. The molecule has 160 valence electrons. The van der Waals surface area contributed by atoms with Crippen LogP contribution >= 0.6 is 0 Å². The molecule has 2 fully saturated rings. The van der Waals surface area contributed by atoms with Crippen LogP contribution in [0.15, 0.2) is 29.2 Å². The summed E-state index contributed by atoms with van der Waals surface area (Å²) in [7, 11) is -3.64. The molecule has 3 rings (SSSR count). The molecule has 2 amide bonds. The molecule has 8 nitrogen and oxygen atoms in total. The van der Waals surface area contributed by atoms with Gasteiger partial charge >= 0.3 is 0 Å². The lowest BCUT2D eigenvalue weighted by Crippen LogP contribution is -2.52. The fraction of sp³-hybridized carbons (Fsp3) is 0.600. The van der Waals surface area contributed by atoms with Gasteiger partial charge in [0.15, 0.2) is 0 Å². The average molecular weight is 424 g/mol. The Bertz CT molecular complexity index is 847. The van der Waals surface area contributed by atoms with Gasteiger partial charge in [0.05, 0.1) is 4.90 Å². The van der Waals surface area contributed by atoms with Gasteiger partial charge in [-0.2, -0.15) is 0 Å². The predicted octanol–water partition coefficient (Wildman–Crippen LogP) is 1.23. The van der Waals surface area contributed by atoms with Gasteiger partial charge in [0.1, 0.15) is 6.10 Å². The minimum Gasteiger partial charge on any atom is -0.368 e. The molecule has 0 radical (unpaired) electrons. The van der Waals surface area contributed by atoms with E-state index in [0.717, 1.165) is 12.8 Å². The highest BCUT2D eigenvalue weighted by molar-refractivity contribution is 7.89. The van der Waals surface area contributed by atoms with Crippen molar-refractivity contribution in [2.45, 2.75) is 50.2 Å². The van der Waals surface area contributed by atoms with Crippen LogP contribution in [0, 0.1) is 0 Å². The Morgan fingerprint density at radius 2 is 1.62 bits per heavy atom. The summed E-state index contributed by atoms with van der Waals surface area (Å²) in [6.45, 7) is 7.79. The number of amides is 2. The van der Waals surface area contributed by atoms with Crippen molar-refractivity contribution in [1.82, 2.24) is 14.5 Å². The van der Waals surface area contributed by atoms with Crippen molar-refractivity contribution in [3.63, 3.8) is 0 Å². The second-order valence-electron chi connectivity index (χ2n) is 8.50. The quantitative estimate of drug-likeness (QED) is 0.786. The van der Waals surface area contributed by atoms with Crippen molar-refractivity contribution in [1.29, 1.82) is 0 Å². The van der Waals surface area contributed by atoms with Gasteiger partial charge in [0.2, 0.25) is 10.0 Å². The SMILES string of the molecule is CC(C)(C)NS(=O)(=O)c1ccc(C(=O)N2CCN(C(=O)C3CCCO3)CC2)cc1. The Morgan fingerprint density at radius 3 is 2.14 bits per heavy atom. The maximum atomic E-state index is 12.8. The monoisotopic (exact) mass is 423 g/mol. The summed E-state index contributed by atoms with van der Waals surface area (Å²) in [6, 6.07) is 5.95. The van der Waals surface area contributed by atoms with Crippen molar-refractivity contribution in [2.24, 2.45) is 0 Å². The Kier molecular flexibility index (Phi) is 6.30. The number of nitrogens with zero attached hydrogens (tertiary/aromatic N) is 2. The normalized spacial score (nSPS) is 20.7. The van der Waals surface area contributed by atoms with Gasteiger partial charge in [-0.15, -0.1) is 0 Å². The largest absolute Gasteiger partial charge is 0.368 e. The summed E-state index contributed by atoms with van der Waals surface area (Å²) in [5, 5.41) is 0. The lowest BCUT2D eigenvalue weighted by atomic mass is 10.1. The number of benzene rings is 1. The molecule has 0 saturated carbocycles. The van der Waals surface area contributed by atoms with E-state index < -0.39 is 15.6 Å². The van der Waals surface area contributed by atoms with Crippen LogP contribution in [0.3, 0.4) is 0 Å². The van der Waals surface area contributed by atoms with E-state index in [2.05, 4.69) is 4.72 Å². The molecule has 2 aliphatic rings. The van der Waals surface area contributed by atoms with Gasteiger partial charge in [-0.1, -0.05) is 0 Å². The molecule has 29 heavy (non-hydrogen) atoms. The van der Waals surface area contributed by atoms with Crippen LogP contribution in [0.2, 0.25) is 0 Å². The zero-order chi connectivity index (χ0) is 21.2. The third-order valence-electron chi connectivity index (χ3n) is 4.94. The smallest absolute Gasteiger partial charge is 0.253 e. The van der Waals surface area contributed by atoms with Gasteiger partial charge in [-0.25, -0.2) is 13.1 Å². The van der Waals surface area contributed by atoms with Gasteiger partial charge in [-0.05, 0) is 57.9 Å². The molecular formula is C20H29N3O5S. The van der Waals surface area contributed by atoms with E-state index in [1.54, 1.807) is 30.6 Å². The van der Waals surface area contributed by atoms with Crippen LogP contribution in [-0.4, -0.2) is 74.5 Å². The summed E-state index contributed by atoms with van der Waals surface area (Å²) in [4.78, 5) is 28.7. The third kappa shape index (κ3) is 5.34. The van der Waals surface area contributed by atoms with Crippen LogP contribution in [0.5, 0.6) is 0 Å². The number of rotatable bonds is 4. The maximum Gasteiger partial charge on any atom is 0.253 e. The number of hydrogen-bond acceptors (Lipinski definition) is 5. The topological polar surface area (TPSA) is 96.0 Å². The summed E-state index contributed by atoms with van der Waals surface area (Å²) >= 11 is 0. The minimum atomic E-state index is -3.64. The summed E-state index contributed by atoms with van der Waals surface area (Å²) in [5.74, 6) is -0.155. The molecule has 1 unspecified atom stereocenters. The standard InChI is InChI=1S/C20H29N3O5S/c1-20(2,3)21-29(26,27)16-8-6-15(7-9-16)18(24)22-10-12-23(13-11-22)19(25)17-5-4-14-28-17/h6-9,17,21H,4-5,10-14H2,1-3H3. The molecule has 2 aliphatic heterocycles. The van der Waals surface area contributed by atoms with E-state index in [0.29, 0.717) is 38.3 Å². The number of ether oxygens (including phenoxy) is 1. The molecule has 0 aliphatic carbocycles. The first-order chi connectivity index (χ1) is 13.6. The first-order valence-electron chi connectivity index (χ1n) is 9.90. The van der Waals surface area contributed by atoms with E-state index in [1.165, 1.54) is 24.3 Å².